The Bertz CT molecular complexity index is 724. The zero-order valence-corrected chi connectivity index (χ0v) is 12.8. The summed E-state index contributed by atoms with van der Waals surface area (Å²) in [5, 5.41) is 5.31. The van der Waals surface area contributed by atoms with Crippen molar-refractivity contribution in [2.24, 2.45) is 0 Å². The largest absolute Gasteiger partial charge is 0.362 e. The van der Waals surface area contributed by atoms with Gasteiger partial charge < -0.3 is 5.32 Å². The molecule has 0 bridgehead atoms. The first kappa shape index (κ1) is 12.6. The monoisotopic (exact) mass is 333 g/mol. The molecule has 0 radical (unpaired) electrons. The molecule has 1 aromatic carbocycles. The van der Waals surface area contributed by atoms with E-state index >= 15 is 0 Å². The van der Waals surface area contributed by atoms with Crippen molar-refractivity contribution in [2.45, 2.75) is 6.92 Å². The van der Waals surface area contributed by atoms with Crippen molar-refractivity contribution in [3.63, 3.8) is 0 Å². The molecule has 5 heteroatoms. The third-order valence-corrected chi connectivity index (χ3v) is 4.50. The zero-order valence-electron chi connectivity index (χ0n) is 10.4. The van der Waals surface area contributed by atoms with Crippen LogP contribution in [0.2, 0.25) is 0 Å². The molecule has 1 N–H and O–H groups in total. The number of nitrogens with one attached hydrogen (secondary N) is 1. The van der Waals surface area contributed by atoms with Crippen molar-refractivity contribution in [1.29, 1.82) is 0 Å². The van der Waals surface area contributed by atoms with Gasteiger partial charge in [-0.15, -0.1) is 0 Å². The van der Waals surface area contributed by atoms with Crippen molar-refractivity contribution < 1.29 is 0 Å². The standard InChI is InChI=1S/C14H12BrN3S/c1-2-16-14-18-8-12(19-14)10-5-6-11(15)9-4-3-7-17-13(9)10/h3-8H,2H2,1H3,(H,16,18). The van der Waals surface area contributed by atoms with Crippen LogP contribution >= 0.6 is 27.3 Å². The number of pyridine rings is 1. The zero-order chi connectivity index (χ0) is 13.2. The lowest BCUT2D eigenvalue weighted by Crippen LogP contribution is -1.94. The van der Waals surface area contributed by atoms with Gasteiger partial charge in [0, 0.05) is 34.4 Å². The van der Waals surface area contributed by atoms with Crippen molar-refractivity contribution >= 4 is 43.3 Å². The molecule has 96 valence electrons. The molecule has 0 aliphatic heterocycles. The van der Waals surface area contributed by atoms with Gasteiger partial charge in [-0.05, 0) is 19.1 Å². The van der Waals surface area contributed by atoms with E-state index in [-0.39, 0.29) is 0 Å². The average molecular weight is 334 g/mol. The predicted octanol–water partition coefficient (Wildman–Crippen LogP) is 4.55. The van der Waals surface area contributed by atoms with Gasteiger partial charge in [0.05, 0.1) is 10.4 Å². The summed E-state index contributed by atoms with van der Waals surface area (Å²) in [6, 6.07) is 8.17. The summed E-state index contributed by atoms with van der Waals surface area (Å²) in [7, 11) is 0. The van der Waals surface area contributed by atoms with Gasteiger partial charge in [0.1, 0.15) is 0 Å². The summed E-state index contributed by atoms with van der Waals surface area (Å²) < 4.78 is 1.07. The minimum absolute atomic E-state index is 0.881. The lowest BCUT2D eigenvalue weighted by molar-refractivity contribution is 1.19. The van der Waals surface area contributed by atoms with Crippen molar-refractivity contribution in [1.82, 2.24) is 9.97 Å². The maximum atomic E-state index is 4.50. The van der Waals surface area contributed by atoms with Gasteiger partial charge in [-0.2, -0.15) is 0 Å². The average Bonchev–Trinajstić information content (AvgIpc) is 2.88. The summed E-state index contributed by atoms with van der Waals surface area (Å²) in [5.74, 6) is 0. The van der Waals surface area contributed by atoms with E-state index in [1.54, 1.807) is 11.3 Å². The minimum Gasteiger partial charge on any atom is -0.362 e. The highest BCUT2D eigenvalue weighted by Crippen LogP contribution is 2.35. The van der Waals surface area contributed by atoms with Crippen LogP contribution in [0.25, 0.3) is 21.3 Å². The Morgan fingerprint density at radius 3 is 3.00 bits per heavy atom. The molecule has 0 spiro atoms. The topological polar surface area (TPSA) is 37.8 Å². The molecule has 2 aromatic heterocycles. The van der Waals surface area contributed by atoms with Crippen LogP contribution in [0.4, 0.5) is 5.13 Å². The quantitative estimate of drug-likeness (QED) is 0.763. The molecule has 0 atom stereocenters. The molecule has 0 saturated carbocycles. The lowest BCUT2D eigenvalue weighted by atomic mass is 10.1. The summed E-state index contributed by atoms with van der Waals surface area (Å²) in [6.07, 6.45) is 3.73. The molecule has 0 saturated heterocycles. The number of rotatable bonds is 3. The Morgan fingerprint density at radius 1 is 1.26 bits per heavy atom. The molecular formula is C14H12BrN3S. The SMILES string of the molecule is CCNc1ncc(-c2ccc(Br)c3cccnc23)s1. The van der Waals surface area contributed by atoms with Crippen LogP contribution in [-0.4, -0.2) is 16.5 Å². The van der Waals surface area contributed by atoms with E-state index in [0.29, 0.717) is 0 Å². The summed E-state index contributed by atoms with van der Waals surface area (Å²) in [6.45, 7) is 2.95. The van der Waals surface area contributed by atoms with Crippen LogP contribution in [0.1, 0.15) is 6.92 Å². The predicted molar refractivity (Wildman–Crippen MR) is 84.7 cm³/mol. The molecule has 3 rings (SSSR count). The third kappa shape index (κ3) is 2.35. The van der Waals surface area contributed by atoms with E-state index in [0.717, 1.165) is 37.5 Å². The second kappa shape index (κ2) is 5.27. The number of hydrogen-bond acceptors (Lipinski definition) is 4. The molecule has 0 unspecified atom stereocenters. The van der Waals surface area contributed by atoms with Crippen LogP contribution in [0.15, 0.2) is 41.1 Å². The third-order valence-electron chi connectivity index (χ3n) is 2.82. The number of aromatic nitrogens is 2. The Labute approximate surface area is 123 Å². The first-order valence-electron chi connectivity index (χ1n) is 6.03. The Hall–Kier alpha value is -1.46. The number of fused-ring (bicyclic) bond motifs is 1. The summed E-state index contributed by atoms with van der Waals surface area (Å²) in [5.41, 5.74) is 2.13. The normalized spacial score (nSPS) is 10.8. The van der Waals surface area contributed by atoms with E-state index in [4.69, 9.17) is 0 Å². The van der Waals surface area contributed by atoms with Crippen LogP contribution in [0, 0.1) is 0 Å². The first-order chi connectivity index (χ1) is 9.29. The minimum atomic E-state index is 0.881. The second-order valence-electron chi connectivity index (χ2n) is 4.05. The molecule has 3 nitrogen and oxygen atoms in total. The van der Waals surface area contributed by atoms with Gasteiger partial charge in [0.25, 0.3) is 0 Å². The fraction of sp³-hybridized carbons (Fsp3) is 0.143. The Kier molecular flexibility index (Phi) is 3.48. The number of halogens is 1. The summed E-state index contributed by atoms with van der Waals surface area (Å²) >= 11 is 5.22. The van der Waals surface area contributed by atoms with Crippen LogP contribution in [0.5, 0.6) is 0 Å². The van der Waals surface area contributed by atoms with Gasteiger partial charge >= 0.3 is 0 Å². The van der Waals surface area contributed by atoms with E-state index in [9.17, 15) is 0 Å². The molecule has 0 amide bonds. The molecular weight excluding hydrogens is 322 g/mol. The van der Waals surface area contributed by atoms with Crippen molar-refractivity contribution in [3.05, 3.63) is 41.1 Å². The van der Waals surface area contributed by atoms with Gasteiger partial charge in [-0.25, -0.2) is 4.98 Å². The molecule has 2 heterocycles. The molecule has 3 aromatic rings. The van der Waals surface area contributed by atoms with Crippen LogP contribution in [-0.2, 0) is 0 Å². The van der Waals surface area contributed by atoms with Gasteiger partial charge in [-0.1, -0.05) is 39.4 Å². The Balaban J connectivity index is 2.16. The second-order valence-corrected chi connectivity index (χ2v) is 5.94. The van der Waals surface area contributed by atoms with E-state index in [2.05, 4.69) is 56.3 Å². The number of hydrogen-bond donors (Lipinski definition) is 1. The van der Waals surface area contributed by atoms with Crippen LogP contribution < -0.4 is 5.32 Å². The fourth-order valence-corrected chi connectivity index (χ4v) is 3.33. The van der Waals surface area contributed by atoms with E-state index in [1.807, 2.05) is 18.5 Å². The molecule has 0 aliphatic carbocycles. The van der Waals surface area contributed by atoms with Crippen LogP contribution in [0.3, 0.4) is 0 Å². The first-order valence-corrected chi connectivity index (χ1v) is 7.64. The van der Waals surface area contributed by atoms with Crippen molar-refractivity contribution in [2.75, 3.05) is 11.9 Å². The number of nitrogens with zero attached hydrogens (tertiary/aromatic N) is 2. The van der Waals surface area contributed by atoms with Gasteiger partial charge in [0.2, 0.25) is 0 Å². The highest BCUT2D eigenvalue weighted by Gasteiger charge is 2.10. The van der Waals surface area contributed by atoms with E-state index in [1.165, 1.54) is 0 Å². The molecule has 19 heavy (non-hydrogen) atoms. The highest BCUT2D eigenvalue weighted by atomic mass is 79.9. The fourth-order valence-electron chi connectivity index (χ4n) is 1.97. The highest BCUT2D eigenvalue weighted by molar-refractivity contribution is 9.10. The van der Waals surface area contributed by atoms with Gasteiger partial charge in [0.15, 0.2) is 5.13 Å². The molecule has 0 fully saturated rings. The summed E-state index contributed by atoms with van der Waals surface area (Å²) in [4.78, 5) is 10.0. The number of thiazole rings is 1. The molecule has 0 aliphatic rings. The lowest BCUT2D eigenvalue weighted by Gasteiger charge is -2.04. The maximum Gasteiger partial charge on any atom is 0.183 e. The smallest absolute Gasteiger partial charge is 0.183 e. The Morgan fingerprint density at radius 2 is 2.16 bits per heavy atom. The van der Waals surface area contributed by atoms with E-state index < -0.39 is 0 Å². The van der Waals surface area contributed by atoms with Crippen molar-refractivity contribution in [3.8, 4) is 10.4 Å². The number of anilines is 1. The maximum absolute atomic E-state index is 4.50. The van der Waals surface area contributed by atoms with Gasteiger partial charge in [-0.3, -0.25) is 4.98 Å². The number of benzene rings is 1.